The standard InChI is InChI=1S/C11H7Cl2F3N2O/c1-19-10-6(12)2-5(3-7(10)13)8-4-9(18-17-8)11(14,15)16/h2-4H,1H3,(H,17,18). The lowest BCUT2D eigenvalue weighted by Gasteiger charge is -2.07. The van der Waals surface area contributed by atoms with Crippen LogP contribution in [-0.2, 0) is 6.18 Å². The molecule has 1 heterocycles. The van der Waals surface area contributed by atoms with E-state index in [1.54, 1.807) is 0 Å². The number of halogens is 5. The van der Waals surface area contributed by atoms with E-state index >= 15 is 0 Å². The van der Waals surface area contributed by atoms with Crippen molar-refractivity contribution in [1.29, 1.82) is 0 Å². The third-order valence-corrected chi connectivity index (χ3v) is 2.94. The number of aromatic nitrogens is 2. The Labute approximate surface area is 116 Å². The van der Waals surface area contributed by atoms with E-state index in [0.29, 0.717) is 5.56 Å². The molecule has 0 bridgehead atoms. The van der Waals surface area contributed by atoms with Crippen LogP contribution >= 0.6 is 23.2 Å². The summed E-state index contributed by atoms with van der Waals surface area (Å²) < 4.78 is 42.3. The molecule has 0 fully saturated rings. The van der Waals surface area contributed by atoms with Gasteiger partial charge in [0.15, 0.2) is 5.75 Å². The predicted octanol–water partition coefficient (Wildman–Crippen LogP) is 4.41. The molecule has 0 unspecified atom stereocenters. The SMILES string of the molecule is COc1c(Cl)cc(-c2cc(C(F)(F)F)[nH]n2)cc1Cl. The predicted molar refractivity (Wildman–Crippen MR) is 65.6 cm³/mol. The van der Waals surface area contributed by atoms with Crippen LogP contribution in [0.1, 0.15) is 5.69 Å². The molecule has 0 aliphatic carbocycles. The fourth-order valence-electron chi connectivity index (χ4n) is 1.52. The van der Waals surface area contributed by atoms with Gasteiger partial charge in [0.2, 0.25) is 0 Å². The zero-order valence-electron chi connectivity index (χ0n) is 9.48. The fraction of sp³-hybridized carbons (Fsp3) is 0.182. The molecule has 1 aromatic carbocycles. The van der Waals surface area contributed by atoms with Gasteiger partial charge in [-0.05, 0) is 18.2 Å². The lowest BCUT2D eigenvalue weighted by atomic mass is 10.1. The van der Waals surface area contributed by atoms with E-state index in [2.05, 4.69) is 5.10 Å². The highest BCUT2D eigenvalue weighted by molar-refractivity contribution is 6.37. The number of nitrogens with zero attached hydrogens (tertiary/aromatic N) is 1. The molecule has 0 aliphatic heterocycles. The summed E-state index contributed by atoms with van der Waals surface area (Å²) in [6, 6.07) is 3.75. The lowest BCUT2D eigenvalue weighted by molar-refractivity contribution is -0.141. The van der Waals surface area contributed by atoms with Crippen molar-refractivity contribution < 1.29 is 17.9 Å². The zero-order chi connectivity index (χ0) is 14.2. The van der Waals surface area contributed by atoms with Gasteiger partial charge in [-0.2, -0.15) is 18.3 Å². The minimum atomic E-state index is -4.48. The van der Waals surface area contributed by atoms with Crippen molar-refractivity contribution in [3.05, 3.63) is 33.9 Å². The number of aromatic amines is 1. The Morgan fingerprint density at radius 2 is 1.74 bits per heavy atom. The van der Waals surface area contributed by atoms with Crippen LogP contribution in [0.15, 0.2) is 18.2 Å². The minimum Gasteiger partial charge on any atom is -0.494 e. The summed E-state index contributed by atoms with van der Waals surface area (Å²) >= 11 is 11.8. The van der Waals surface area contributed by atoms with Crippen molar-refractivity contribution in [2.45, 2.75) is 6.18 Å². The average Bonchev–Trinajstić information content (AvgIpc) is 2.77. The van der Waals surface area contributed by atoms with Gasteiger partial charge in [-0.15, -0.1) is 0 Å². The number of benzene rings is 1. The second kappa shape index (κ2) is 4.94. The van der Waals surface area contributed by atoms with Crippen LogP contribution in [0.2, 0.25) is 10.0 Å². The summed E-state index contributed by atoms with van der Waals surface area (Å²) in [5.74, 6) is 0.263. The van der Waals surface area contributed by atoms with Crippen LogP contribution in [0, 0.1) is 0 Å². The maximum Gasteiger partial charge on any atom is 0.432 e. The van der Waals surface area contributed by atoms with Gasteiger partial charge in [0.25, 0.3) is 0 Å². The van der Waals surface area contributed by atoms with Gasteiger partial charge >= 0.3 is 6.18 Å². The maximum absolute atomic E-state index is 12.5. The van der Waals surface area contributed by atoms with Crippen LogP contribution < -0.4 is 4.74 Å². The monoisotopic (exact) mass is 310 g/mol. The number of methoxy groups -OCH3 is 1. The maximum atomic E-state index is 12.5. The molecule has 8 heteroatoms. The van der Waals surface area contributed by atoms with E-state index in [1.165, 1.54) is 19.2 Å². The number of ether oxygens (including phenoxy) is 1. The smallest absolute Gasteiger partial charge is 0.432 e. The van der Waals surface area contributed by atoms with Gasteiger partial charge in [-0.1, -0.05) is 23.2 Å². The highest BCUT2D eigenvalue weighted by Crippen LogP contribution is 2.37. The molecule has 1 aromatic heterocycles. The molecule has 2 aromatic rings. The Balaban J connectivity index is 2.46. The van der Waals surface area contributed by atoms with Gasteiger partial charge in [0, 0.05) is 5.56 Å². The summed E-state index contributed by atoms with van der Waals surface area (Å²) in [7, 11) is 1.39. The van der Waals surface area contributed by atoms with Crippen LogP contribution in [-0.4, -0.2) is 17.3 Å². The van der Waals surface area contributed by atoms with E-state index in [4.69, 9.17) is 27.9 Å². The first-order valence-corrected chi connectivity index (χ1v) is 5.74. The summed E-state index contributed by atoms with van der Waals surface area (Å²) in [5.41, 5.74) is -0.480. The van der Waals surface area contributed by atoms with E-state index in [-0.39, 0.29) is 21.5 Å². The van der Waals surface area contributed by atoms with Crippen molar-refractivity contribution in [2.24, 2.45) is 0 Å². The van der Waals surface area contributed by atoms with Crippen LogP contribution in [0.25, 0.3) is 11.3 Å². The fourth-order valence-corrected chi connectivity index (χ4v) is 2.16. The summed E-state index contributed by atoms with van der Waals surface area (Å²) in [6.07, 6.45) is -4.48. The lowest BCUT2D eigenvalue weighted by Crippen LogP contribution is -2.04. The molecule has 0 saturated carbocycles. The second-order valence-corrected chi connectivity index (χ2v) is 4.45. The molecule has 1 N–H and O–H groups in total. The number of alkyl halides is 3. The van der Waals surface area contributed by atoms with Gasteiger partial charge in [-0.25, -0.2) is 0 Å². The Bertz CT molecular complexity index is 587. The summed E-state index contributed by atoms with van der Waals surface area (Å²) in [6.45, 7) is 0. The Morgan fingerprint density at radius 3 is 2.16 bits per heavy atom. The summed E-state index contributed by atoms with van der Waals surface area (Å²) in [4.78, 5) is 0. The highest BCUT2D eigenvalue weighted by atomic mass is 35.5. The van der Waals surface area contributed by atoms with Crippen molar-refractivity contribution in [3.63, 3.8) is 0 Å². The van der Waals surface area contributed by atoms with Gasteiger partial charge < -0.3 is 4.74 Å². The highest BCUT2D eigenvalue weighted by Gasteiger charge is 2.33. The van der Waals surface area contributed by atoms with Gasteiger partial charge in [0.1, 0.15) is 5.69 Å². The average molecular weight is 311 g/mol. The molecule has 102 valence electrons. The van der Waals surface area contributed by atoms with Gasteiger partial charge in [0.05, 0.1) is 22.8 Å². The normalized spacial score (nSPS) is 11.7. The topological polar surface area (TPSA) is 37.9 Å². The first-order chi connectivity index (χ1) is 8.82. The molecular formula is C11H7Cl2F3N2O. The number of H-pyrrole nitrogens is 1. The van der Waals surface area contributed by atoms with Crippen molar-refractivity contribution in [2.75, 3.05) is 7.11 Å². The van der Waals surface area contributed by atoms with Crippen molar-refractivity contribution >= 4 is 23.2 Å². The van der Waals surface area contributed by atoms with Crippen LogP contribution in [0.5, 0.6) is 5.75 Å². The zero-order valence-corrected chi connectivity index (χ0v) is 11.0. The first kappa shape index (κ1) is 14.0. The molecule has 0 atom stereocenters. The van der Waals surface area contributed by atoms with Crippen LogP contribution in [0.3, 0.4) is 0 Å². The molecule has 0 saturated heterocycles. The molecule has 0 spiro atoms. The quantitative estimate of drug-likeness (QED) is 0.892. The number of hydrogen-bond donors (Lipinski definition) is 1. The van der Waals surface area contributed by atoms with E-state index in [9.17, 15) is 13.2 Å². The Morgan fingerprint density at radius 1 is 1.16 bits per heavy atom. The Hall–Kier alpha value is -1.40. The molecule has 2 rings (SSSR count). The molecule has 19 heavy (non-hydrogen) atoms. The number of nitrogens with one attached hydrogen (secondary N) is 1. The summed E-state index contributed by atoms with van der Waals surface area (Å²) in [5, 5.41) is 5.90. The molecule has 0 radical (unpaired) electrons. The number of hydrogen-bond acceptors (Lipinski definition) is 2. The molecule has 0 aliphatic rings. The van der Waals surface area contributed by atoms with E-state index < -0.39 is 11.9 Å². The second-order valence-electron chi connectivity index (χ2n) is 3.64. The molecule has 3 nitrogen and oxygen atoms in total. The first-order valence-electron chi connectivity index (χ1n) is 4.99. The van der Waals surface area contributed by atoms with Crippen molar-refractivity contribution in [1.82, 2.24) is 10.2 Å². The van der Waals surface area contributed by atoms with E-state index in [1.807, 2.05) is 5.10 Å². The van der Waals surface area contributed by atoms with Crippen molar-refractivity contribution in [3.8, 4) is 17.0 Å². The number of rotatable bonds is 2. The molecular weight excluding hydrogens is 304 g/mol. The van der Waals surface area contributed by atoms with E-state index in [0.717, 1.165) is 6.07 Å². The molecule has 0 amide bonds. The van der Waals surface area contributed by atoms with Gasteiger partial charge in [-0.3, -0.25) is 5.10 Å². The third kappa shape index (κ3) is 2.79. The Kier molecular flexibility index (Phi) is 3.64. The minimum absolute atomic E-state index is 0.0961. The van der Waals surface area contributed by atoms with Crippen LogP contribution in [0.4, 0.5) is 13.2 Å². The third-order valence-electron chi connectivity index (χ3n) is 2.38. The largest absolute Gasteiger partial charge is 0.494 e.